The number of likely N-dealkylation sites (tertiary alicyclic amines) is 1. The minimum absolute atomic E-state index is 0.0507. The number of Topliss-reactive ketones (excluding diaryl/α,β-unsaturated/α-hetero) is 1. The Morgan fingerprint density at radius 2 is 1.67 bits per heavy atom. The third-order valence-electron chi connectivity index (χ3n) is 11.1. The molecular formula is C39H47N9O3. The van der Waals surface area contributed by atoms with Crippen LogP contribution in [0, 0.1) is 6.92 Å². The maximum absolute atomic E-state index is 14.8. The monoisotopic (exact) mass is 689 g/mol. The molecule has 2 aromatic carbocycles. The number of fused-ring (bicyclic) bond motifs is 2. The lowest BCUT2D eigenvalue weighted by atomic mass is 9.89. The summed E-state index contributed by atoms with van der Waals surface area (Å²) in [5.74, 6) is 1.06. The highest BCUT2D eigenvalue weighted by molar-refractivity contribution is 6.00. The predicted molar refractivity (Wildman–Crippen MR) is 199 cm³/mol. The highest BCUT2D eigenvalue weighted by Gasteiger charge is 2.33. The quantitative estimate of drug-likeness (QED) is 0.186. The van der Waals surface area contributed by atoms with Gasteiger partial charge in [-0.2, -0.15) is 5.10 Å². The van der Waals surface area contributed by atoms with Crippen LogP contribution >= 0.6 is 0 Å². The Morgan fingerprint density at radius 1 is 0.922 bits per heavy atom. The number of amides is 2. The molecule has 0 saturated carbocycles. The molecule has 51 heavy (non-hydrogen) atoms. The zero-order chi connectivity index (χ0) is 34.9. The van der Waals surface area contributed by atoms with Gasteiger partial charge in [-0.25, -0.2) is 14.5 Å². The number of anilines is 1. The number of benzene rings is 2. The van der Waals surface area contributed by atoms with Crippen LogP contribution in [0.2, 0.25) is 0 Å². The zero-order valence-electron chi connectivity index (χ0n) is 29.4. The van der Waals surface area contributed by atoms with Gasteiger partial charge in [-0.3, -0.25) is 14.7 Å². The number of hydrogen-bond acceptors (Lipinski definition) is 7. The van der Waals surface area contributed by atoms with E-state index in [1.165, 1.54) is 12.8 Å². The molecule has 12 nitrogen and oxygen atoms in total. The number of pyridine rings is 1. The van der Waals surface area contributed by atoms with Crippen molar-refractivity contribution in [2.24, 2.45) is 0 Å². The molecule has 3 fully saturated rings. The molecule has 3 N–H and O–H groups in total. The van der Waals surface area contributed by atoms with Crippen molar-refractivity contribution in [3.8, 4) is 0 Å². The fourth-order valence-electron chi connectivity index (χ4n) is 8.24. The van der Waals surface area contributed by atoms with E-state index in [-0.39, 0.29) is 23.3 Å². The van der Waals surface area contributed by atoms with Crippen molar-refractivity contribution in [3.63, 3.8) is 0 Å². The van der Waals surface area contributed by atoms with Gasteiger partial charge in [0.05, 0.1) is 17.9 Å². The Hall–Kier alpha value is -5.13. The van der Waals surface area contributed by atoms with Gasteiger partial charge in [0, 0.05) is 62.2 Å². The summed E-state index contributed by atoms with van der Waals surface area (Å²) in [6.07, 6.45) is 12.2. The number of nitrogens with one attached hydrogen (secondary N) is 3. The first-order chi connectivity index (χ1) is 24.9. The van der Waals surface area contributed by atoms with Crippen LogP contribution in [0.15, 0.2) is 59.7 Å². The number of aromatic amines is 2. The molecule has 1 atom stereocenters. The summed E-state index contributed by atoms with van der Waals surface area (Å²) >= 11 is 0. The third-order valence-corrected chi connectivity index (χ3v) is 11.1. The van der Waals surface area contributed by atoms with Crippen LogP contribution in [0.5, 0.6) is 0 Å². The summed E-state index contributed by atoms with van der Waals surface area (Å²) in [5, 5.41) is 14.6. The van der Waals surface area contributed by atoms with E-state index in [1.54, 1.807) is 11.1 Å². The first-order valence-corrected chi connectivity index (χ1v) is 18.6. The first-order valence-electron chi connectivity index (χ1n) is 18.6. The predicted octanol–water partition coefficient (Wildman–Crippen LogP) is 5.40. The number of aromatic nitrogens is 5. The molecule has 3 aromatic heterocycles. The minimum atomic E-state index is -0.831. The number of piperidine rings is 3. The smallest absolute Gasteiger partial charge is 0.318 e. The Labute approximate surface area is 297 Å². The number of urea groups is 1. The average molecular weight is 690 g/mol. The molecular weight excluding hydrogens is 642 g/mol. The molecule has 0 unspecified atom stereocenters. The second kappa shape index (κ2) is 14.2. The standard InChI is InChI=1S/C39H47N9O3/c1-26-20-27(21-30-24-40-44-35(26)30)22-33(36(49)37-43-34(45-14-6-2-7-15-45)25-48(37)47-16-8-3-9-17-47)42-39(51)46-18-12-28(13-19-46)31-23-29-10-4-5-11-32(29)41-38(31)50/h4-5,10-11,20-21,23-25,28,33H,2-3,6-9,12-19,22H2,1H3,(H,40,44)(H,41,50)(H,42,51)/t33-/m1/s1. The Morgan fingerprint density at radius 3 is 2.45 bits per heavy atom. The maximum Gasteiger partial charge on any atom is 0.318 e. The number of aryl methyl sites for hydroxylation is 1. The minimum Gasteiger partial charge on any atom is -0.355 e. The molecule has 6 heterocycles. The molecule has 0 aliphatic carbocycles. The molecule has 0 bridgehead atoms. The molecule has 2 amide bonds. The first kappa shape index (κ1) is 33.0. The molecule has 3 aliphatic rings. The van der Waals surface area contributed by atoms with E-state index in [0.717, 1.165) is 96.2 Å². The molecule has 12 heteroatoms. The van der Waals surface area contributed by atoms with Crippen molar-refractivity contribution in [1.82, 2.24) is 35.1 Å². The van der Waals surface area contributed by atoms with Crippen molar-refractivity contribution in [2.75, 3.05) is 49.2 Å². The van der Waals surface area contributed by atoms with E-state index in [9.17, 15) is 14.4 Å². The summed E-state index contributed by atoms with van der Waals surface area (Å²) in [4.78, 5) is 53.9. The van der Waals surface area contributed by atoms with Gasteiger partial charge in [0.15, 0.2) is 5.82 Å². The van der Waals surface area contributed by atoms with E-state index in [2.05, 4.69) is 36.5 Å². The van der Waals surface area contributed by atoms with Gasteiger partial charge in [0.2, 0.25) is 5.78 Å². The lowest BCUT2D eigenvalue weighted by Gasteiger charge is -2.33. The van der Waals surface area contributed by atoms with Crippen molar-refractivity contribution >= 4 is 39.4 Å². The Kier molecular flexibility index (Phi) is 9.23. The highest BCUT2D eigenvalue weighted by atomic mass is 16.2. The lowest BCUT2D eigenvalue weighted by molar-refractivity contribution is 0.0921. The van der Waals surface area contributed by atoms with Crippen molar-refractivity contribution < 1.29 is 9.59 Å². The third kappa shape index (κ3) is 6.83. The number of rotatable bonds is 8. The van der Waals surface area contributed by atoms with E-state index < -0.39 is 6.04 Å². The number of ketones is 1. The number of para-hydroxylation sites is 1. The summed E-state index contributed by atoms with van der Waals surface area (Å²) in [7, 11) is 0. The normalized spacial score (nSPS) is 18.0. The van der Waals surface area contributed by atoms with Gasteiger partial charge in [-0.1, -0.05) is 24.3 Å². The van der Waals surface area contributed by atoms with Crippen LogP contribution < -0.4 is 20.8 Å². The van der Waals surface area contributed by atoms with Crippen LogP contribution in [0.1, 0.15) is 84.6 Å². The molecule has 266 valence electrons. The van der Waals surface area contributed by atoms with Crippen LogP contribution in [0.25, 0.3) is 21.8 Å². The van der Waals surface area contributed by atoms with Crippen molar-refractivity contribution in [2.45, 2.75) is 76.7 Å². The lowest BCUT2D eigenvalue weighted by Crippen LogP contribution is -2.52. The molecule has 8 rings (SSSR count). The molecule has 0 spiro atoms. The van der Waals surface area contributed by atoms with Gasteiger partial charge in [0.25, 0.3) is 5.56 Å². The SMILES string of the molecule is Cc1cc(C[C@@H](NC(=O)N2CCC(c3cc4ccccc4[nH]c3=O)CC2)C(=O)c2nc(N3CCCCC3)cn2N2CCCCC2)cc2cn[nH]c12. The van der Waals surface area contributed by atoms with E-state index in [1.807, 2.05) is 54.2 Å². The Balaban J connectivity index is 1.06. The number of carbonyl (C=O) groups excluding carboxylic acids is 2. The average Bonchev–Trinajstić information content (AvgIpc) is 3.83. The Bertz CT molecular complexity index is 2100. The zero-order valence-corrected chi connectivity index (χ0v) is 29.4. The number of nitrogens with zero attached hydrogens (tertiary/aromatic N) is 6. The van der Waals surface area contributed by atoms with Crippen molar-refractivity contribution in [1.29, 1.82) is 0 Å². The number of H-pyrrole nitrogens is 2. The summed E-state index contributed by atoms with van der Waals surface area (Å²) < 4.78 is 1.97. The van der Waals surface area contributed by atoms with E-state index in [4.69, 9.17) is 4.98 Å². The highest BCUT2D eigenvalue weighted by Crippen LogP contribution is 2.28. The topological polar surface area (TPSA) is 135 Å². The maximum atomic E-state index is 14.8. The molecule has 3 aliphatic heterocycles. The summed E-state index contributed by atoms with van der Waals surface area (Å²) in [6.45, 7) is 6.58. The fraction of sp³-hybridized carbons (Fsp3) is 0.462. The van der Waals surface area contributed by atoms with Crippen LogP contribution in [-0.2, 0) is 6.42 Å². The van der Waals surface area contributed by atoms with Gasteiger partial charge in [-0.05, 0) is 98.9 Å². The summed E-state index contributed by atoms with van der Waals surface area (Å²) in [5.41, 5.74) is 4.46. The molecule has 5 aromatic rings. The van der Waals surface area contributed by atoms with Gasteiger partial charge >= 0.3 is 6.03 Å². The largest absolute Gasteiger partial charge is 0.355 e. The molecule has 3 saturated heterocycles. The second-order valence-corrected chi connectivity index (χ2v) is 14.5. The van der Waals surface area contributed by atoms with Crippen LogP contribution in [0.3, 0.4) is 0 Å². The van der Waals surface area contributed by atoms with Gasteiger partial charge in [0.1, 0.15) is 11.9 Å². The van der Waals surface area contributed by atoms with Crippen LogP contribution in [0.4, 0.5) is 10.6 Å². The van der Waals surface area contributed by atoms with E-state index in [0.29, 0.717) is 38.2 Å². The van der Waals surface area contributed by atoms with E-state index >= 15 is 0 Å². The number of carbonyl (C=O) groups is 2. The molecule has 0 radical (unpaired) electrons. The van der Waals surface area contributed by atoms with Gasteiger partial charge < -0.3 is 25.1 Å². The second-order valence-electron chi connectivity index (χ2n) is 14.5. The fourth-order valence-corrected chi connectivity index (χ4v) is 8.24. The van der Waals surface area contributed by atoms with Gasteiger partial charge in [-0.15, -0.1) is 0 Å². The number of imidazole rings is 1. The number of hydrogen-bond donors (Lipinski definition) is 3. The van der Waals surface area contributed by atoms with Crippen molar-refractivity contribution in [3.05, 3.63) is 87.7 Å². The summed E-state index contributed by atoms with van der Waals surface area (Å²) in [6, 6.07) is 12.8. The van der Waals surface area contributed by atoms with Crippen LogP contribution in [-0.4, -0.2) is 86.9 Å².